The number of unbranched alkanes of at least 4 members (excludes halogenated alkanes) is 6. The predicted octanol–water partition coefficient (Wildman–Crippen LogP) is 5.30. The van der Waals surface area contributed by atoms with Crippen molar-refractivity contribution in [1.82, 2.24) is 0 Å². The summed E-state index contributed by atoms with van der Waals surface area (Å²) in [5.74, 6) is -2.50. The van der Waals surface area contributed by atoms with Crippen LogP contribution in [0.1, 0.15) is 106 Å². The van der Waals surface area contributed by atoms with Crippen LogP contribution in [-0.2, 0) is 28.6 Å². The zero-order chi connectivity index (χ0) is 31.6. The number of rotatable bonds is 12. The number of ketones is 1. The van der Waals surface area contributed by atoms with Gasteiger partial charge >= 0.3 is 11.9 Å². The Morgan fingerprint density at radius 3 is 2.42 bits per heavy atom. The van der Waals surface area contributed by atoms with Crippen molar-refractivity contribution in [2.45, 2.75) is 135 Å². The predicted molar refractivity (Wildman–Crippen MR) is 161 cm³/mol. The molecule has 238 valence electrons. The fraction of sp³-hybridized carbons (Fsp3) is 0.743. The number of fused-ring (bicyclic) bond motifs is 2. The number of ether oxygens (including phenoxy) is 3. The van der Waals surface area contributed by atoms with Crippen LogP contribution in [0.5, 0.6) is 0 Å². The molecule has 1 saturated heterocycles. The summed E-state index contributed by atoms with van der Waals surface area (Å²) in [7, 11) is 0. The third-order valence-electron chi connectivity index (χ3n) is 11.6. The molecule has 1 unspecified atom stereocenters. The highest BCUT2D eigenvalue weighted by Crippen LogP contribution is 2.83. The van der Waals surface area contributed by atoms with Crippen molar-refractivity contribution in [3.63, 3.8) is 0 Å². The summed E-state index contributed by atoms with van der Waals surface area (Å²) in [6.45, 7) is 12.9. The van der Waals surface area contributed by atoms with Crippen LogP contribution in [0.2, 0.25) is 0 Å². The minimum atomic E-state index is -1.88. The van der Waals surface area contributed by atoms with Crippen LogP contribution in [0, 0.1) is 23.2 Å². The molecule has 1 heterocycles. The van der Waals surface area contributed by atoms with E-state index in [1.807, 2.05) is 26.8 Å². The van der Waals surface area contributed by atoms with E-state index >= 15 is 0 Å². The van der Waals surface area contributed by atoms with Crippen LogP contribution in [0.4, 0.5) is 0 Å². The smallest absolute Gasteiger partial charge is 0.333 e. The van der Waals surface area contributed by atoms with Crippen molar-refractivity contribution in [3.8, 4) is 0 Å². The average molecular weight is 599 g/mol. The highest BCUT2D eigenvalue weighted by Gasteiger charge is 2.96. The maximum absolute atomic E-state index is 13.5. The van der Waals surface area contributed by atoms with Gasteiger partial charge in [-0.15, -0.1) is 0 Å². The van der Waals surface area contributed by atoms with Gasteiger partial charge in [0.05, 0.1) is 6.61 Å². The number of epoxide rings is 1. The minimum Gasteiger partial charge on any atom is -0.454 e. The molecule has 0 radical (unpaired) electrons. The van der Waals surface area contributed by atoms with E-state index in [2.05, 4.69) is 6.92 Å². The number of allylic oxidation sites excluding steroid dienone is 1. The molecule has 8 atom stereocenters. The van der Waals surface area contributed by atoms with Gasteiger partial charge in [0.25, 0.3) is 0 Å². The van der Waals surface area contributed by atoms with E-state index in [1.54, 1.807) is 32.9 Å². The van der Waals surface area contributed by atoms with Crippen molar-refractivity contribution >= 4 is 17.7 Å². The van der Waals surface area contributed by atoms with Crippen molar-refractivity contribution in [2.75, 3.05) is 6.61 Å². The molecule has 8 heteroatoms. The van der Waals surface area contributed by atoms with Gasteiger partial charge < -0.3 is 24.4 Å². The van der Waals surface area contributed by atoms with Gasteiger partial charge in [0.15, 0.2) is 22.6 Å². The molecule has 4 aliphatic carbocycles. The minimum absolute atomic E-state index is 0.0541. The Labute approximate surface area is 255 Å². The molecule has 2 spiro atoms. The van der Waals surface area contributed by atoms with Crippen LogP contribution >= 0.6 is 0 Å². The summed E-state index contributed by atoms with van der Waals surface area (Å²) < 4.78 is 19.4. The SMILES string of the molecule is C/C=C(\C)C(=O)O[C@@H]1[C@@H](C)[C@]23O[C@]24C=C(C)C(=O)[C@@]4(O)CC(CO)=C[C@H]3C2C(C)(C)[C@@]21OC(=O)CCCCCCCCC. The van der Waals surface area contributed by atoms with Crippen LogP contribution in [0.3, 0.4) is 0 Å². The van der Waals surface area contributed by atoms with Crippen molar-refractivity contribution in [1.29, 1.82) is 0 Å². The largest absolute Gasteiger partial charge is 0.454 e. The van der Waals surface area contributed by atoms with Gasteiger partial charge in [-0.25, -0.2) is 4.79 Å². The fourth-order valence-electron chi connectivity index (χ4n) is 9.14. The highest BCUT2D eigenvalue weighted by atomic mass is 16.7. The van der Waals surface area contributed by atoms with Gasteiger partial charge in [-0.05, 0) is 44.4 Å². The van der Waals surface area contributed by atoms with Gasteiger partial charge in [-0.2, -0.15) is 0 Å². The molecule has 5 aliphatic rings. The number of carbonyl (C=O) groups is 3. The van der Waals surface area contributed by atoms with E-state index in [0.29, 0.717) is 16.7 Å². The highest BCUT2D eigenvalue weighted by molar-refractivity contribution is 6.07. The first kappa shape index (κ1) is 32.1. The molecule has 8 nitrogen and oxygen atoms in total. The lowest BCUT2D eigenvalue weighted by Crippen LogP contribution is -2.61. The van der Waals surface area contributed by atoms with Crippen LogP contribution < -0.4 is 0 Å². The second kappa shape index (κ2) is 11.0. The molecule has 2 N–H and O–H groups in total. The van der Waals surface area contributed by atoms with Crippen LogP contribution in [0.25, 0.3) is 0 Å². The molecule has 0 aromatic carbocycles. The second-order valence-corrected chi connectivity index (χ2v) is 14.3. The Balaban J connectivity index is 1.51. The molecule has 3 fully saturated rings. The van der Waals surface area contributed by atoms with Gasteiger partial charge in [0, 0.05) is 41.6 Å². The standard InChI is InChI=1S/C35H50O8/c1-8-10-11-12-13-14-15-16-26(37)42-35-27(31(35,6)7)25-17-24(20-36)19-32(40)28(38)22(4)18-33(32)34(25,43-33)23(5)29(35)41-30(39)21(3)9-2/h9,17-18,23,25,27,29,36,40H,8,10-16,19-20H2,1-7H3/b21-9+/t23-,25+,27?,29-,32+,33+,34-,35-/m1/s1. The molecule has 43 heavy (non-hydrogen) atoms. The van der Waals surface area contributed by atoms with E-state index in [-0.39, 0.29) is 31.3 Å². The first-order valence-electron chi connectivity index (χ1n) is 16.3. The van der Waals surface area contributed by atoms with Crippen molar-refractivity contribution < 1.29 is 38.8 Å². The molecule has 2 saturated carbocycles. The molecular weight excluding hydrogens is 548 g/mol. The molecule has 1 aliphatic heterocycles. The van der Waals surface area contributed by atoms with E-state index < -0.39 is 57.5 Å². The number of esters is 2. The van der Waals surface area contributed by atoms with Crippen LogP contribution in [-0.4, -0.2) is 63.0 Å². The Morgan fingerprint density at radius 1 is 1.14 bits per heavy atom. The maximum Gasteiger partial charge on any atom is 0.333 e. The second-order valence-electron chi connectivity index (χ2n) is 14.3. The summed E-state index contributed by atoms with van der Waals surface area (Å²) in [6.07, 6.45) is 12.3. The summed E-state index contributed by atoms with van der Waals surface area (Å²) in [4.78, 5) is 40.2. The molecule has 0 amide bonds. The van der Waals surface area contributed by atoms with Gasteiger partial charge in [0.2, 0.25) is 0 Å². The fourth-order valence-corrected chi connectivity index (χ4v) is 9.14. The molecule has 0 aromatic heterocycles. The van der Waals surface area contributed by atoms with Gasteiger partial charge in [-0.1, -0.05) is 78.4 Å². The first-order valence-corrected chi connectivity index (χ1v) is 16.3. The Kier molecular flexibility index (Phi) is 8.18. The first-order chi connectivity index (χ1) is 20.3. The molecule has 0 bridgehead atoms. The Hall–Kier alpha value is -2.29. The van der Waals surface area contributed by atoms with Gasteiger partial charge in [-0.3, -0.25) is 9.59 Å². The lowest BCUT2D eigenvalue weighted by molar-refractivity contribution is -0.190. The summed E-state index contributed by atoms with van der Waals surface area (Å²) in [5.41, 5.74) is -4.64. The van der Waals surface area contributed by atoms with E-state index in [9.17, 15) is 24.6 Å². The number of hydrogen-bond acceptors (Lipinski definition) is 8. The van der Waals surface area contributed by atoms with E-state index in [4.69, 9.17) is 14.2 Å². The number of carbonyl (C=O) groups excluding carboxylic acids is 3. The molecule has 0 aromatic rings. The van der Waals surface area contributed by atoms with E-state index in [1.165, 1.54) is 19.3 Å². The Morgan fingerprint density at radius 2 is 1.79 bits per heavy atom. The quantitative estimate of drug-likeness (QED) is 0.102. The Bertz CT molecular complexity index is 1280. The van der Waals surface area contributed by atoms with Crippen LogP contribution in [0.15, 0.2) is 34.9 Å². The lowest BCUT2D eigenvalue weighted by atomic mass is 9.62. The number of aliphatic hydroxyl groups is 2. The summed E-state index contributed by atoms with van der Waals surface area (Å²) in [6, 6.07) is 0. The summed E-state index contributed by atoms with van der Waals surface area (Å²) >= 11 is 0. The zero-order valence-corrected chi connectivity index (χ0v) is 27.0. The number of hydrogen-bond donors (Lipinski definition) is 2. The zero-order valence-electron chi connectivity index (χ0n) is 27.0. The number of Topliss-reactive ketones (excluding diaryl/α,β-unsaturated/α-hetero) is 1. The van der Waals surface area contributed by atoms with E-state index in [0.717, 1.165) is 25.7 Å². The third-order valence-corrected chi connectivity index (χ3v) is 11.6. The number of aliphatic hydroxyl groups excluding tert-OH is 1. The summed E-state index contributed by atoms with van der Waals surface area (Å²) in [5, 5.41) is 22.4. The topological polar surface area (TPSA) is 123 Å². The molecule has 5 rings (SSSR count). The van der Waals surface area contributed by atoms with Crippen molar-refractivity contribution in [3.05, 3.63) is 34.9 Å². The normalized spacial score (nSPS) is 40.2. The maximum atomic E-state index is 13.5. The third kappa shape index (κ3) is 4.29. The van der Waals surface area contributed by atoms with Crippen molar-refractivity contribution in [2.24, 2.45) is 23.2 Å². The molecular formula is C35H50O8. The lowest BCUT2D eigenvalue weighted by Gasteiger charge is -2.44. The monoisotopic (exact) mass is 598 g/mol. The average Bonchev–Trinajstić information content (AvgIpc) is 3.77. The van der Waals surface area contributed by atoms with Gasteiger partial charge in [0.1, 0.15) is 11.7 Å².